The van der Waals surface area contributed by atoms with Crippen molar-refractivity contribution in [2.24, 2.45) is 27.1 Å². The van der Waals surface area contributed by atoms with Crippen LogP contribution in [-0.4, -0.2) is 62.7 Å². The number of anilines is 1. The highest BCUT2D eigenvalue weighted by atomic mass is 35.5. The monoisotopic (exact) mass is 570 g/mol. The van der Waals surface area contributed by atoms with Crippen molar-refractivity contribution < 1.29 is 9.59 Å². The number of nitrogens with two attached hydrogens (primary N) is 2. The second-order valence-electron chi connectivity index (χ2n) is 10.2. The van der Waals surface area contributed by atoms with Gasteiger partial charge in [-0.25, -0.2) is 11.0 Å². The van der Waals surface area contributed by atoms with E-state index in [9.17, 15) is 9.59 Å². The fraction of sp³-hybridized carbons (Fsp3) is 0.448. The normalized spacial score (nSPS) is 23.5. The van der Waals surface area contributed by atoms with Crippen LogP contribution in [0.1, 0.15) is 51.5 Å². The van der Waals surface area contributed by atoms with E-state index in [0.717, 1.165) is 29.0 Å². The van der Waals surface area contributed by atoms with Crippen molar-refractivity contribution in [2.45, 2.75) is 52.0 Å². The molecule has 0 aliphatic carbocycles. The maximum atomic E-state index is 13.1. The number of aliphatic imine (C=N–C) groups is 1. The van der Waals surface area contributed by atoms with E-state index in [4.69, 9.17) is 23.2 Å². The van der Waals surface area contributed by atoms with Gasteiger partial charge in [-0.1, -0.05) is 36.6 Å². The van der Waals surface area contributed by atoms with Gasteiger partial charge in [0.15, 0.2) is 0 Å². The number of nitrogens with zero attached hydrogens (tertiary/aromatic N) is 4. The lowest BCUT2D eigenvalue weighted by Crippen LogP contribution is -2.41. The summed E-state index contributed by atoms with van der Waals surface area (Å²) in [6.07, 6.45) is 13.4. The molecule has 0 aromatic heterocycles. The molecular formula is C29H43ClN8O2. The molecule has 2 atom stereocenters. The van der Waals surface area contributed by atoms with Gasteiger partial charge in [0, 0.05) is 56.3 Å². The SMILES string of the molecule is CN=C1/C=C(\C)C(C)(C/C=C\N)CNC(=O)CCCC[C@@H]1NC(=O)/C=C/c1cc(Cl)ccc1N(C)/C=N\N(C)N. The Morgan fingerprint density at radius 1 is 1.32 bits per heavy atom. The number of allylic oxidation sites excluding steroid dienone is 1. The van der Waals surface area contributed by atoms with Gasteiger partial charge in [-0.05, 0) is 68.3 Å². The van der Waals surface area contributed by atoms with Crippen molar-refractivity contribution in [3.05, 3.63) is 58.8 Å². The lowest BCUT2D eigenvalue weighted by atomic mass is 9.78. The molecule has 1 heterocycles. The lowest BCUT2D eigenvalue weighted by molar-refractivity contribution is -0.121. The maximum absolute atomic E-state index is 13.1. The molecule has 40 heavy (non-hydrogen) atoms. The molecule has 1 unspecified atom stereocenters. The zero-order chi connectivity index (χ0) is 29.7. The highest BCUT2D eigenvalue weighted by molar-refractivity contribution is 6.30. The number of benzene rings is 1. The van der Waals surface area contributed by atoms with E-state index >= 15 is 0 Å². The number of hydrogen-bond donors (Lipinski definition) is 4. The predicted molar refractivity (Wildman–Crippen MR) is 166 cm³/mol. The highest BCUT2D eigenvalue weighted by Gasteiger charge is 2.28. The fourth-order valence-corrected chi connectivity index (χ4v) is 4.49. The van der Waals surface area contributed by atoms with Crippen molar-refractivity contribution in [3.8, 4) is 0 Å². The van der Waals surface area contributed by atoms with Gasteiger partial charge in [0.1, 0.15) is 6.34 Å². The second kappa shape index (κ2) is 15.8. The third-order valence-electron chi connectivity index (χ3n) is 6.97. The van der Waals surface area contributed by atoms with Crippen LogP contribution < -0.4 is 27.1 Å². The summed E-state index contributed by atoms with van der Waals surface area (Å²) in [5.41, 5.74) is 8.62. The molecule has 1 aliphatic rings. The Labute approximate surface area is 242 Å². The maximum Gasteiger partial charge on any atom is 0.244 e. The summed E-state index contributed by atoms with van der Waals surface area (Å²) in [7, 11) is 5.18. The Hall–Kier alpha value is -3.63. The Morgan fingerprint density at radius 2 is 2.08 bits per heavy atom. The molecule has 1 aromatic carbocycles. The number of halogens is 1. The highest BCUT2D eigenvalue weighted by Crippen LogP contribution is 2.31. The van der Waals surface area contributed by atoms with Crippen LogP contribution in [0.2, 0.25) is 5.02 Å². The van der Waals surface area contributed by atoms with Gasteiger partial charge in [0.2, 0.25) is 11.8 Å². The number of hydrazine groups is 1. The minimum atomic E-state index is -0.355. The first kappa shape index (κ1) is 32.6. The summed E-state index contributed by atoms with van der Waals surface area (Å²) < 4.78 is 0. The molecule has 0 fully saturated rings. The van der Waals surface area contributed by atoms with Crippen molar-refractivity contribution in [2.75, 3.05) is 32.6 Å². The van der Waals surface area contributed by atoms with Crippen LogP contribution in [0.4, 0.5) is 5.69 Å². The molecular weight excluding hydrogens is 528 g/mol. The van der Waals surface area contributed by atoms with Gasteiger partial charge in [-0.2, -0.15) is 5.10 Å². The number of carbonyl (C=O) groups is 2. The first-order valence-corrected chi connectivity index (χ1v) is 13.7. The van der Waals surface area contributed by atoms with Crippen molar-refractivity contribution in [3.63, 3.8) is 0 Å². The molecule has 0 spiro atoms. The Bertz CT molecular complexity index is 1170. The van der Waals surface area contributed by atoms with E-state index in [1.807, 2.05) is 32.2 Å². The standard InChI is InChI=1S/C29H43ClN8O2/c1-21-17-25(33-3)24(9-6-7-10-27(39)34-19-29(21,2)15-8-16-31)36-28(40)14-11-22-18-23(30)12-13-26(22)37(4)20-35-38(5)32/h8,11-14,16-18,20,24H,6-7,9-10,15,19,31-32H2,1-5H3,(H,34,39)(H,36,40)/b14-11+,16-8-,21-17+,33-25?,35-20-/t24-,29?/m0/s1. The van der Waals surface area contributed by atoms with Crippen LogP contribution in [0.15, 0.2) is 58.3 Å². The topological polar surface area (TPSA) is 141 Å². The van der Waals surface area contributed by atoms with E-state index in [1.54, 1.807) is 43.5 Å². The van der Waals surface area contributed by atoms with Crippen molar-refractivity contribution in [1.82, 2.24) is 15.8 Å². The number of hydrogen-bond acceptors (Lipinski definition) is 7. The molecule has 1 aromatic rings. The average molecular weight is 571 g/mol. The first-order valence-electron chi connectivity index (χ1n) is 13.3. The zero-order valence-electron chi connectivity index (χ0n) is 24.2. The number of nitrogens with one attached hydrogen (secondary N) is 2. The molecule has 1 aliphatic heterocycles. The minimum Gasteiger partial charge on any atom is -0.405 e. The molecule has 6 N–H and O–H groups in total. The lowest BCUT2D eigenvalue weighted by Gasteiger charge is -2.31. The van der Waals surface area contributed by atoms with E-state index < -0.39 is 0 Å². The third-order valence-corrected chi connectivity index (χ3v) is 7.20. The Balaban J connectivity index is 2.33. The van der Waals surface area contributed by atoms with E-state index in [-0.39, 0.29) is 23.3 Å². The Kier molecular flexibility index (Phi) is 12.9. The summed E-state index contributed by atoms with van der Waals surface area (Å²) in [6.45, 7) is 4.59. The van der Waals surface area contributed by atoms with Gasteiger partial charge in [0.25, 0.3) is 0 Å². The molecule has 11 heteroatoms. The number of hydrazone groups is 1. The molecule has 218 valence electrons. The molecule has 0 radical (unpaired) electrons. The van der Waals surface area contributed by atoms with Gasteiger partial charge in [-0.3, -0.25) is 14.6 Å². The van der Waals surface area contributed by atoms with Crippen LogP contribution in [0.5, 0.6) is 0 Å². The van der Waals surface area contributed by atoms with Gasteiger partial charge in [0.05, 0.1) is 11.8 Å². The van der Waals surface area contributed by atoms with Crippen LogP contribution in [-0.2, 0) is 9.59 Å². The molecule has 0 saturated heterocycles. The Morgan fingerprint density at radius 3 is 2.75 bits per heavy atom. The zero-order valence-corrected chi connectivity index (χ0v) is 24.9. The molecule has 0 bridgehead atoms. The summed E-state index contributed by atoms with van der Waals surface area (Å²) in [4.78, 5) is 31.9. The summed E-state index contributed by atoms with van der Waals surface area (Å²) in [5.74, 6) is 5.34. The summed E-state index contributed by atoms with van der Waals surface area (Å²) in [5, 5.41) is 12.0. The van der Waals surface area contributed by atoms with E-state index in [1.165, 1.54) is 17.4 Å². The minimum absolute atomic E-state index is 0.0228. The smallest absolute Gasteiger partial charge is 0.244 e. The summed E-state index contributed by atoms with van der Waals surface area (Å²) >= 11 is 6.25. The molecule has 2 rings (SSSR count). The molecule has 2 amide bonds. The third kappa shape index (κ3) is 10.2. The van der Waals surface area contributed by atoms with Gasteiger partial charge in [-0.15, -0.1) is 0 Å². The van der Waals surface area contributed by atoms with E-state index in [0.29, 0.717) is 37.3 Å². The average Bonchev–Trinajstić information content (AvgIpc) is 2.92. The van der Waals surface area contributed by atoms with Crippen LogP contribution in [0.25, 0.3) is 6.08 Å². The second-order valence-corrected chi connectivity index (χ2v) is 10.6. The predicted octanol–water partition coefficient (Wildman–Crippen LogP) is 3.60. The van der Waals surface area contributed by atoms with E-state index in [2.05, 4.69) is 27.7 Å². The van der Waals surface area contributed by atoms with Gasteiger partial charge >= 0.3 is 0 Å². The largest absolute Gasteiger partial charge is 0.405 e. The number of amides is 2. The van der Waals surface area contributed by atoms with Crippen LogP contribution >= 0.6 is 11.6 Å². The van der Waals surface area contributed by atoms with Crippen LogP contribution in [0.3, 0.4) is 0 Å². The molecule has 10 nitrogen and oxygen atoms in total. The fourth-order valence-electron chi connectivity index (χ4n) is 4.31. The van der Waals surface area contributed by atoms with Crippen molar-refractivity contribution in [1.29, 1.82) is 0 Å². The van der Waals surface area contributed by atoms with Gasteiger partial charge < -0.3 is 21.3 Å². The first-order chi connectivity index (χ1) is 19.0. The quantitative estimate of drug-likeness (QED) is 0.124. The summed E-state index contributed by atoms with van der Waals surface area (Å²) in [6, 6.07) is 5.08. The number of carbonyl (C=O) groups excluding carboxylic acids is 2. The number of rotatable bonds is 8. The molecule has 0 saturated carbocycles. The van der Waals surface area contributed by atoms with Crippen molar-refractivity contribution >= 4 is 47.2 Å². The van der Waals surface area contributed by atoms with Crippen LogP contribution in [0, 0.1) is 5.41 Å².